The van der Waals surface area contributed by atoms with E-state index < -0.39 is 0 Å². The fraction of sp³-hybridized carbons (Fsp3) is 0.167. The van der Waals surface area contributed by atoms with Gasteiger partial charge in [0.25, 0.3) is 0 Å². The first-order chi connectivity index (χ1) is 8.24. The lowest BCUT2D eigenvalue weighted by Gasteiger charge is -2.02. The number of hydrogen-bond acceptors (Lipinski definition) is 3. The zero-order valence-electron chi connectivity index (χ0n) is 9.22. The Morgan fingerprint density at radius 2 is 2.18 bits per heavy atom. The molecule has 0 radical (unpaired) electrons. The molecule has 0 atom stereocenters. The second kappa shape index (κ2) is 3.69. The van der Waals surface area contributed by atoms with Crippen molar-refractivity contribution >= 4 is 10.9 Å². The average Bonchev–Trinajstić information content (AvgIpc) is 2.88. The van der Waals surface area contributed by atoms with Crippen LogP contribution in [-0.2, 0) is 6.54 Å². The van der Waals surface area contributed by atoms with Crippen molar-refractivity contribution in [2.45, 2.75) is 13.5 Å². The summed E-state index contributed by atoms with van der Waals surface area (Å²) < 4.78 is 19.8. The highest BCUT2D eigenvalue weighted by Crippen LogP contribution is 2.18. The highest BCUT2D eigenvalue weighted by atomic mass is 19.1. The van der Waals surface area contributed by atoms with Crippen molar-refractivity contribution in [2.24, 2.45) is 0 Å². The van der Waals surface area contributed by atoms with Gasteiger partial charge in [-0.05, 0) is 36.6 Å². The summed E-state index contributed by atoms with van der Waals surface area (Å²) >= 11 is 0. The van der Waals surface area contributed by atoms with Gasteiger partial charge in [0, 0.05) is 6.20 Å². The molecule has 0 bridgehead atoms. The highest BCUT2D eigenvalue weighted by molar-refractivity contribution is 5.80. The molecule has 0 N–H and O–H groups in total. The molecule has 2 heterocycles. The largest absolute Gasteiger partial charge is 0.341 e. The minimum Gasteiger partial charge on any atom is -0.341 e. The van der Waals surface area contributed by atoms with Gasteiger partial charge in [-0.25, -0.2) is 9.02 Å². The van der Waals surface area contributed by atoms with Gasteiger partial charge in [-0.15, -0.1) is 0 Å². The summed E-state index contributed by atoms with van der Waals surface area (Å²) in [4.78, 5) is 0. The van der Waals surface area contributed by atoms with Crippen LogP contribution in [0.3, 0.4) is 0 Å². The smallest absolute Gasteiger partial charge is 0.127 e. The number of nitrogens with zero attached hydrogens (tertiary/aromatic N) is 3. The van der Waals surface area contributed by atoms with Crippen LogP contribution >= 0.6 is 0 Å². The lowest BCUT2D eigenvalue weighted by Crippen LogP contribution is -2.00. The highest BCUT2D eigenvalue weighted by Gasteiger charge is 2.08. The number of benzene rings is 1. The van der Waals surface area contributed by atoms with Crippen molar-refractivity contribution in [3.63, 3.8) is 0 Å². The first kappa shape index (κ1) is 10.0. The Balaban J connectivity index is 2.06. The molecule has 4 nitrogen and oxygen atoms in total. The molecule has 0 aliphatic carbocycles. The van der Waals surface area contributed by atoms with E-state index in [9.17, 15) is 4.39 Å². The first-order valence-corrected chi connectivity index (χ1v) is 5.26. The molecule has 5 heteroatoms. The third kappa shape index (κ3) is 1.69. The molecule has 3 aromatic rings. The molecule has 86 valence electrons. The van der Waals surface area contributed by atoms with Gasteiger partial charge in [-0.2, -0.15) is 0 Å². The maximum atomic E-state index is 13.2. The van der Waals surface area contributed by atoms with Crippen molar-refractivity contribution in [3.05, 3.63) is 47.7 Å². The summed E-state index contributed by atoms with van der Waals surface area (Å²) in [7, 11) is 0. The van der Waals surface area contributed by atoms with E-state index in [1.807, 2.05) is 23.8 Å². The maximum Gasteiger partial charge on any atom is 0.127 e. The van der Waals surface area contributed by atoms with Crippen LogP contribution in [0.1, 0.15) is 11.4 Å². The molecule has 0 amide bonds. The Kier molecular flexibility index (Phi) is 2.18. The van der Waals surface area contributed by atoms with Crippen molar-refractivity contribution in [1.82, 2.24) is 14.9 Å². The molecule has 1 aromatic carbocycles. The molecule has 0 unspecified atom stereocenters. The topological polar surface area (TPSA) is 43.9 Å². The molecular weight excluding hydrogens is 221 g/mol. The summed E-state index contributed by atoms with van der Waals surface area (Å²) in [5, 5.41) is 8.54. The van der Waals surface area contributed by atoms with Crippen LogP contribution in [0.5, 0.6) is 0 Å². The van der Waals surface area contributed by atoms with Crippen LogP contribution in [0.2, 0.25) is 0 Å². The summed E-state index contributed by atoms with van der Waals surface area (Å²) in [5.74, 6) is -0.243. The van der Waals surface area contributed by atoms with Gasteiger partial charge in [0.2, 0.25) is 0 Å². The second-order valence-corrected chi connectivity index (χ2v) is 3.94. The fourth-order valence-electron chi connectivity index (χ4n) is 1.85. The van der Waals surface area contributed by atoms with Crippen molar-refractivity contribution in [3.8, 4) is 0 Å². The van der Waals surface area contributed by atoms with Gasteiger partial charge in [-0.3, -0.25) is 0 Å². The lowest BCUT2D eigenvalue weighted by molar-refractivity contribution is 0.300. The van der Waals surface area contributed by atoms with Gasteiger partial charge in [0.05, 0.1) is 12.1 Å². The van der Waals surface area contributed by atoms with Crippen LogP contribution < -0.4 is 0 Å². The third-order valence-electron chi connectivity index (χ3n) is 2.80. The Hall–Kier alpha value is -2.17. The molecule has 0 aliphatic rings. The average molecular weight is 231 g/mol. The van der Waals surface area contributed by atoms with E-state index >= 15 is 0 Å². The Labute approximate surface area is 96.6 Å². The van der Waals surface area contributed by atoms with Crippen molar-refractivity contribution in [2.75, 3.05) is 0 Å². The van der Waals surface area contributed by atoms with Crippen LogP contribution in [0.15, 0.2) is 35.1 Å². The zero-order chi connectivity index (χ0) is 11.8. The lowest BCUT2D eigenvalue weighted by atomic mass is 10.2. The predicted octanol–water partition coefficient (Wildman–Crippen LogP) is 2.52. The minimum absolute atomic E-state index is 0.243. The summed E-state index contributed by atoms with van der Waals surface area (Å²) in [6, 6.07) is 6.67. The molecule has 0 saturated carbocycles. The third-order valence-corrected chi connectivity index (χ3v) is 2.80. The van der Waals surface area contributed by atoms with Crippen molar-refractivity contribution < 1.29 is 9.02 Å². The number of rotatable bonds is 2. The number of halogens is 1. The van der Waals surface area contributed by atoms with E-state index in [-0.39, 0.29) is 5.82 Å². The Morgan fingerprint density at radius 3 is 2.94 bits per heavy atom. The Bertz CT molecular complexity index is 671. The van der Waals surface area contributed by atoms with E-state index in [1.54, 1.807) is 6.07 Å². The van der Waals surface area contributed by atoms with Gasteiger partial charge >= 0.3 is 0 Å². The monoisotopic (exact) mass is 231 g/mol. The summed E-state index contributed by atoms with van der Waals surface area (Å²) in [6.45, 7) is 2.36. The minimum atomic E-state index is -0.243. The van der Waals surface area contributed by atoms with E-state index in [4.69, 9.17) is 0 Å². The normalized spacial score (nSPS) is 11.2. The van der Waals surface area contributed by atoms with E-state index in [1.165, 1.54) is 12.1 Å². The van der Waals surface area contributed by atoms with Gasteiger partial charge in [0.1, 0.15) is 17.2 Å². The zero-order valence-corrected chi connectivity index (χ0v) is 9.22. The van der Waals surface area contributed by atoms with E-state index in [2.05, 4.69) is 14.9 Å². The molecule has 17 heavy (non-hydrogen) atoms. The number of fused-ring (bicyclic) bond motifs is 1. The molecule has 0 fully saturated rings. The number of aromatic nitrogens is 3. The molecule has 3 rings (SSSR count). The predicted molar refractivity (Wildman–Crippen MR) is 60.0 cm³/mol. The molecule has 2 aromatic heterocycles. The quantitative estimate of drug-likeness (QED) is 0.680. The first-order valence-electron chi connectivity index (χ1n) is 5.26. The fourth-order valence-corrected chi connectivity index (χ4v) is 1.85. The maximum absolute atomic E-state index is 13.2. The second-order valence-electron chi connectivity index (χ2n) is 3.94. The van der Waals surface area contributed by atoms with Crippen molar-refractivity contribution in [1.29, 1.82) is 0 Å². The van der Waals surface area contributed by atoms with Gasteiger partial charge in [-0.1, -0.05) is 10.3 Å². The number of aryl methyl sites for hydroxylation is 1. The number of hydrogen-bond donors (Lipinski definition) is 0. The molecular formula is C12H10FN3O. The SMILES string of the molecule is Cc1nonc1Cn1ccc2ccc(F)cc21. The Morgan fingerprint density at radius 1 is 1.29 bits per heavy atom. The van der Waals surface area contributed by atoms with Crippen LogP contribution in [0, 0.1) is 12.7 Å². The van der Waals surface area contributed by atoms with Gasteiger partial charge in [0.15, 0.2) is 0 Å². The molecule has 0 spiro atoms. The van der Waals surface area contributed by atoms with Crippen LogP contribution in [0.4, 0.5) is 4.39 Å². The van der Waals surface area contributed by atoms with Crippen LogP contribution in [-0.4, -0.2) is 14.9 Å². The molecule has 0 saturated heterocycles. The van der Waals surface area contributed by atoms with Gasteiger partial charge < -0.3 is 4.57 Å². The van der Waals surface area contributed by atoms with E-state index in [0.717, 1.165) is 22.3 Å². The summed E-state index contributed by atoms with van der Waals surface area (Å²) in [5.41, 5.74) is 2.35. The molecule has 0 aliphatic heterocycles. The summed E-state index contributed by atoms with van der Waals surface area (Å²) in [6.07, 6.45) is 1.90. The van der Waals surface area contributed by atoms with E-state index in [0.29, 0.717) is 6.54 Å². The van der Waals surface area contributed by atoms with Crippen LogP contribution in [0.25, 0.3) is 10.9 Å². The standard InChI is InChI=1S/C12H10FN3O/c1-8-11(15-17-14-8)7-16-5-4-9-2-3-10(13)6-12(9)16/h2-6H,7H2,1H3.